The van der Waals surface area contributed by atoms with E-state index in [1.807, 2.05) is 26.1 Å². The molecule has 5 N–H and O–H groups in total. The van der Waals surface area contributed by atoms with Gasteiger partial charge in [0, 0.05) is 7.05 Å². The largest absolute Gasteiger partial charge is 0.397 e. The van der Waals surface area contributed by atoms with E-state index in [0.717, 1.165) is 11.3 Å². The van der Waals surface area contributed by atoms with E-state index in [-0.39, 0.29) is 0 Å². The van der Waals surface area contributed by atoms with Gasteiger partial charge in [0.15, 0.2) is 0 Å². The lowest BCUT2D eigenvalue weighted by Gasteiger charge is -2.10. The molecule has 0 amide bonds. The molecule has 0 saturated heterocycles. The van der Waals surface area contributed by atoms with Gasteiger partial charge in [-0.25, -0.2) is 0 Å². The van der Waals surface area contributed by atoms with Crippen molar-refractivity contribution in [1.29, 1.82) is 0 Å². The fraction of sp³-hybridized carbons (Fsp3) is 0.250. The summed E-state index contributed by atoms with van der Waals surface area (Å²) in [5, 5.41) is 3.00. The van der Waals surface area contributed by atoms with Crippen LogP contribution in [0.4, 0.5) is 17.1 Å². The Labute approximate surface area is 66.4 Å². The molecule has 0 aliphatic carbocycles. The van der Waals surface area contributed by atoms with Crippen LogP contribution >= 0.6 is 0 Å². The molecule has 0 atom stereocenters. The molecular formula is C8H13N3. The van der Waals surface area contributed by atoms with E-state index in [0.29, 0.717) is 11.4 Å². The van der Waals surface area contributed by atoms with Crippen LogP contribution in [0.15, 0.2) is 12.1 Å². The lowest BCUT2D eigenvalue weighted by atomic mass is 10.1. The van der Waals surface area contributed by atoms with Crippen molar-refractivity contribution >= 4 is 17.1 Å². The lowest BCUT2D eigenvalue weighted by Crippen LogP contribution is -2.01. The summed E-state index contributed by atoms with van der Waals surface area (Å²) in [6, 6.07) is 3.75. The van der Waals surface area contributed by atoms with E-state index in [1.165, 1.54) is 0 Å². The summed E-state index contributed by atoms with van der Waals surface area (Å²) in [7, 11) is 1.83. The van der Waals surface area contributed by atoms with Crippen LogP contribution in [0.5, 0.6) is 0 Å². The summed E-state index contributed by atoms with van der Waals surface area (Å²) in [5.41, 5.74) is 14.6. The molecule has 0 aliphatic heterocycles. The third-order valence-corrected chi connectivity index (χ3v) is 1.74. The highest BCUT2D eigenvalue weighted by Gasteiger charge is 2.02. The molecule has 0 unspecified atom stereocenters. The second kappa shape index (κ2) is 2.70. The molecule has 0 aliphatic rings. The summed E-state index contributed by atoms with van der Waals surface area (Å²) >= 11 is 0. The number of anilines is 3. The maximum atomic E-state index is 5.71. The predicted octanol–water partition coefficient (Wildman–Crippen LogP) is 1.20. The first-order valence-corrected chi connectivity index (χ1v) is 3.49. The van der Waals surface area contributed by atoms with Gasteiger partial charge in [-0.3, -0.25) is 0 Å². The monoisotopic (exact) mass is 151 g/mol. The molecule has 1 rings (SSSR count). The summed E-state index contributed by atoms with van der Waals surface area (Å²) < 4.78 is 0. The molecule has 0 fully saturated rings. The zero-order chi connectivity index (χ0) is 8.43. The minimum Gasteiger partial charge on any atom is -0.397 e. The van der Waals surface area contributed by atoms with Gasteiger partial charge in [0.1, 0.15) is 0 Å². The third kappa shape index (κ3) is 1.22. The third-order valence-electron chi connectivity index (χ3n) is 1.74. The van der Waals surface area contributed by atoms with Crippen molar-refractivity contribution in [3.05, 3.63) is 17.7 Å². The lowest BCUT2D eigenvalue weighted by molar-refractivity contribution is 1.41. The molecule has 0 heterocycles. The fourth-order valence-electron chi connectivity index (χ4n) is 1.08. The zero-order valence-electron chi connectivity index (χ0n) is 6.81. The van der Waals surface area contributed by atoms with Crippen molar-refractivity contribution in [2.45, 2.75) is 6.92 Å². The Morgan fingerprint density at radius 3 is 2.36 bits per heavy atom. The van der Waals surface area contributed by atoms with Crippen LogP contribution in [0.25, 0.3) is 0 Å². The minimum atomic E-state index is 0.625. The van der Waals surface area contributed by atoms with Crippen LogP contribution in [0.1, 0.15) is 5.56 Å². The van der Waals surface area contributed by atoms with Crippen molar-refractivity contribution < 1.29 is 0 Å². The molecule has 0 aromatic heterocycles. The average molecular weight is 151 g/mol. The molecule has 0 spiro atoms. The van der Waals surface area contributed by atoms with Gasteiger partial charge >= 0.3 is 0 Å². The number of nitrogens with one attached hydrogen (secondary N) is 1. The van der Waals surface area contributed by atoms with Gasteiger partial charge in [-0.15, -0.1) is 0 Å². The topological polar surface area (TPSA) is 64.1 Å². The van der Waals surface area contributed by atoms with Crippen LogP contribution in [-0.4, -0.2) is 7.05 Å². The fourth-order valence-corrected chi connectivity index (χ4v) is 1.08. The Morgan fingerprint density at radius 1 is 1.27 bits per heavy atom. The van der Waals surface area contributed by atoms with Gasteiger partial charge in [-0.05, 0) is 18.6 Å². The number of hydrogen-bond donors (Lipinski definition) is 3. The summed E-state index contributed by atoms with van der Waals surface area (Å²) in [4.78, 5) is 0. The van der Waals surface area contributed by atoms with Crippen molar-refractivity contribution in [2.24, 2.45) is 0 Å². The summed E-state index contributed by atoms with van der Waals surface area (Å²) in [5.74, 6) is 0. The maximum absolute atomic E-state index is 5.71. The highest BCUT2D eigenvalue weighted by Crippen LogP contribution is 2.27. The van der Waals surface area contributed by atoms with Crippen LogP contribution in [0.3, 0.4) is 0 Å². The van der Waals surface area contributed by atoms with Gasteiger partial charge in [-0.2, -0.15) is 0 Å². The smallest absolute Gasteiger partial charge is 0.0786 e. The number of rotatable bonds is 1. The number of nitrogen functional groups attached to an aromatic ring is 2. The highest BCUT2D eigenvalue weighted by atomic mass is 14.9. The second-order valence-corrected chi connectivity index (χ2v) is 2.51. The number of nitrogens with two attached hydrogens (primary N) is 2. The molecular weight excluding hydrogens is 138 g/mol. The summed E-state index contributed by atoms with van der Waals surface area (Å²) in [6.07, 6.45) is 0. The van der Waals surface area contributed by atoms with Crippen LogP contribution in [-0.2, 0) is 0 Å². The van der Waals surface area contributed by atoms with Crippen molar-refractivity contribution in [1.82, 2.24) is 0 Å². The molecule has 0 radical (unpaired) electrons. The van der Waals surface area contributed by atoms with Gasteiger partial charge in [-0.1, -0.05) is 6.07 Å². The average Bonchev–Trinajstić information content (AvgIpc) is 1.99. The Bertz CT molecular complexity index is 268. The first kappa shape index (κ1) is 7.72. The Hall–Kier alpha value is -1.38. The Kier molecular flexibility index (Phi) is 1.89. The Balaban J connectivity index is 3.29. The van der Waals surface area contributed by atoms with Gasteiger partial charge in [0.05, 0.1) is 17.1 Å². The number of aryl methyl sites for hydroxylation is 1. The predicted molar refractivity (Wildman–Crippen MR) is 49.6 cm³/mol. The molecule has 3 nitrogen and oxygen atoms in total. The molecule has 1 aromatic carbocycles. The first-order valence-electron chi connectivity index (χ1n) is 3.49. The molecule has 3 heteroatoms. The number of hydrogen-bond acceptors (Lipinski definition) is 3. The van der Waals surface area contributed by atoms with Gasteiger partial charge in [0.25, 0.3) is 0 Å². The van der Waals surface area contributed by atoms with Crippen molar-refractivity contribution in [3.63, 3.8) is 0 Å². The van der Waals surface area contributed by atoms with Gasteiger partial charge in [0.2, 0.25) is 0 Å². The quantitative estimate of drug-likeness (QED) is 0.528. The zero-order valence-corrected chi connectivity index (χ0v) is 6.81. The minimum absolute atomic E-state index is 0.625. The second-order valence-electron chi connectivity index (χ2n) is 2.51. The van der Waals surface area contributed by atoms with E-state index in [2.05, 4.69) is 5.32 Å². The summed E-state index contributed by atoms with van der Waals surface area (Å²) in [6.45, 7) is 1.99. The molecule has 1 aromatic rings. The van der Waals surface area contributed by atoms with Crippen molar-refractivity contribution in [3.8, 4) is 0 Å². The normalized spacial score (nSPS) is 9.64. The van der Waals surface area contributed by atoms with Gasteiger partial charge < -0.3 is 16.8 Å². The standard InChI is InChI=1S/C8H13N3/c1-5-3-4-6(9)7(10)8(5)11-2/h3-4,11H,9-10H2,1-2H3. The Morgan fingerprint density at radius 2 is 1.91 bits per heavy atom. The highest BCUT2D eigenvalue weighted by molar-refractivity contribution is 5.81. The first-order chi connectivity index (χ1) is 5.16. The maximum Gasteiger partial charge on any atom is 0.0786 e. The van der Waals surface area contributed by atoms with Crippen LogP contribution < -0.4 is 16.8 Å². The van der Waals surface area contributed by atoms with E-state index in [9.17, 15) is 0 Å². The van der Waals surface area contributed by atoms with E-state index < -0.39 is 0 Å². The molecule has 0 saturated carbocycles. The van der Waals surface area contributed by atoms with E-state index in [4.69, 9.17) is 11.5 Å². The SMILES string of the molecule is CNc1c(C)ccc(N)c1N. The van der Waals surface area contributed by atoms with Crippen LogP contribution in [0.2, 0.25) is 0 Å². The number of benzene rings is 1. The van der Waals surface area contributed by atoms with Crippen LogP contribution in [0, 0.1) is 6.92 Å². The molecule has 60 valence electrons. The molecule has 11 heavy (non-hydrogen) atoms. The van der Waals surface area contributed by atoms with E-state index >= 15 is 0 Å². The molecule has 0 bridgehead atoms. The van der Waals surface area contributed by atoms with Crippen molar-refractivity contribution in [2.75, 3.05) is 23.8 Å². The van der Waals surface area contributed by atoms with E-state index in [1.54, 1.807) is 0 Å².